The Morgan fingerprint density at radius 3 is 2.27 bits per heavy atom. The van der Waals surface area contributed by atoms with E-state index in [1.54, 1.807) is 6.26 Å². The van der Waals surface area contributed by atoms with Gasteiger partial charge in [0, 0.05) is 35.5 Å². The molecular formula is C25H34O5. The zero-order chi connectivity index (χ0) is 22.2. The molecule has 0 unspecified atom stereocenters. The number of aryl methyl sites for hydroxylation is 1. The third kappa shape index (κ3) is 4.12. The number of hydrogen-bond acceptors (Lipinski definition) is 5. The van der Waals surface area contributed by atoms with Crippen LogP contribution < -0.4 is 0 Å². The maximum absolute atomic E-state index is 12.6. The highest BCUT2D eigenvalue weighted by molar-refractivity contribution is 5.83. The van der Waals surface area contributed by atoms with Gasteiger partial charge in [0.05, 0.1) is 6.26 Å². The standard InChI is InChI=1S/C25H34O5/c1-14(2)10-21(26)29-19-9-8-17(6)25(7)18(19)12-20-23(16(5)13-28-20)24(25)30-22(27)11-15(3)4/h10-11,13,17-19,24H,8-9,12H2,1-7H3/t17-,18-,19+,24+,25+/m0/s1. The molecule has 5 heteroatoms. The SMILES string of the molecule is CC(C)=CC(=O)O[C@@H]1c2c(C)coc2C[C@H]2[C@H](OC(=O)C=C(C)C)CC[C@H](C)[C@@]12C. The summed E-state index contributed by atoms with van der Waals surface area (Å²) in [5, 5.41) is 0. The van der Waals surface area contributed by atoms with E-state index in [0.717, 1.165) is 40.9 Å². The fraction of sp³-hybridized carbons (Fsp3) is 0.600. The first-order chi connectivity index (χ1) is 14.0. The molecule has 0 bridgehead atoms. The third-order valence-electron chi connectivity index (χ3n) is 6.84. The Morgan fingerprint density at radius 1 is 1.07 bits per heavy atom. The second-order valence-electron chi connectivity index (χ2n) is 9.65. The highest BCUT2D eigenvalue weighted by Crippen LogP contribution is 2.60. The van der Waals surface area contributed by atoms with Crippen molar-refractivity contribution in [3.05, 3.63) is 46.4 Å². The summed E-state index contributed by atoms with van der Waals surface area (Å²) in [6, 6.07) is 0. The van der Waals surface area contributed by atoms with Gasteiger partial charge in [0.2, 0.25) is 0 Å². The zero-order valence-electron chi connectivity index (χ0n) is 19.2. The van der Waals surface area contributed by atoms with Crippen molar-refractivity contribution in [2.45, 2.75) is 79.9 Å². The number of allylic oxidation sites excluding steroid dienone is 2. The quantitative estimate of drug-likeness (QED) is 0.472. The highest BCUT2D eigenvalue weighted by Gasteiger charge is 2.58. The van der Waals surface area contributed by atoms with Crippen LogP contribution in [0, 0.1) is 24.2 Å². The van der Waals surface area contributed by atoms with E-state index in [4.69, 9.17) is 13.9 Å². The van der Waals surface area contributed by atoms with Crippen molar-refractivity contribution in [3.8, 4) is 0 Å². The summed E-state index contributed by atoms with van der Waals surface area (Å²) in [6.45, 7) is 13.9. The molecule has 1 heterocycles. The van der Waals surface area contributed by atoms with Crippen molar-refractivity contribution in [1.29, 1.82) is 0 Å². The van der Waals surface area contributed by atoms with Gasteiger partial charge in [-0.15, -0.1) is 0 Å². The summed E-state index contributed by atoms with van der Waals surface area (Å²) in [5.41, 5.74) is 3.42. The van der Waals surface area contributed by atoms with E-state index in [1.807, 2.05) is 34.6 Å². The topological polar surface area (TPSA) is 65.7 Å². The van der Waals surface area contributed by atoms with Crippen LogP contribution in [0.15, 0.2) is 34.0 Å². The lowest BCUT2D eigenvalue weighted by Gasteiger charge is -2.54. The molecule has 0 saturated heterocycles. The van der Waals surface area contributed by atoms with Crippen LogP contribution in [0.1, 0.15) is 77.4 Å². The largest absolute Gasteiger partial charge is 0.469 e. The molecule has 0 aromatic carbocycles. The van der Waals surface area contributed by atoms with Crippen LogP contribution in [-0.4, -0.2) is 18.0 Å². The minimum Gasteiger partial charge on any atom is -0.469 e. The Labute approximate surface area is 179 Å². The average Bonchev–Trinajstić information content (AvgIpc) is 2.98. The minimum absolute atomic E-state index is 0.0123. The van der Waals surface area contributed by atoms with E-state index >= 15 is 0 Å². The van der Waals surface area contributed by atoms with E-state index in [2.05, 4.69) is 13.8 Å². The van der Waals surface area contributed by atoms with E-state index in [-0.39, 0.29) is 29.4 Å². The van der Waals surface area contributed by atoms with Gasteiger partial charge in [-0.3, -0.25) is 0 Å². The van der Waals surface area contributed by atoms with Crippen molar-refractivity contribution in [1.82, 2.24) is 0 Å². The predicted molar refractivity (Wildman–Crippen MR) is 115 cm³/mol. The zero-order valence-corrected chi connectivity index (χ0v) is 19.2. The Kier molecular flexibility index (Phi) is 6.30. The van der Waals surface area contributed by atoms with Crippen molar-refractivity contribution in [2.75, 3.05) is 0 Å². The molecule has 164 valence electrons. The molecule has 1 aromatic heterocycles. The summed E-state index contributed by atoms with van der Waals surface area (Å²) in [4.78, 5) is 25.0. The van der Waals surface area contributed by atoms with Gasteiger partial charge in [-0.05, 0) is 58.9 Å². The lowest BCUT2D eigenvalue weighted by atomic mass is 9.53. The summed E-state index contributed by atoms with van der Waals surface area (Å²) >= 11 is 0. The lowest BCUT2D eigenvalue weighted by molar-refractivity contribution is -0.184. The lowest BCUT2D eigenvalue weighted by Crippen LogP contribution is -2.54. The van der Waals surface area contributed by atoms with Crippen LogP contribution in [0.4, 0.5) is 0 Å². The van der Waals surface area contributed by atoms with Crippen LogP contribution in [0.25, 0.3) is 0 Å². The van der Waals surface area contributed by atoms with Crippen LogP contribution in [0.3, 0.4) is 0 Å². The number of furan rings is 1. The highest BCUT2D eigenvalue weighted by atomic mass is 16.6. The normalized spacial score (nSPS) is 29.8. The summed E-state index contributed by atoms with van der Waals surface area (Å²) in [6.07, 6.45) is 6.51. The minimum atomic E-state index is -0.437. The van der Waals surface area contributed by atoms with Gasteiger partial charge in [0.25, 0.3) is 0 Å². The fourth-order valence-corrected chi connectivity index (χ4v) is 5.16. The second kappa shape index (κ2) is 8.44. The second-order valence-corrected chi connectivity index (χ2v) is 9.65. The Morgan fingerprint density at radius 2 is 1.67 bits per heavy atom. The first-order valence-electron chi connectivity index (χ1n) is 10.8. The number of fused-ring (bicyclic) bond motifs is 2. The van der Waals surface area contributed by atoms with E-state index in [1.165, 1.54) is 12.2 Å². The summed E-state index contributed by atoms with van der Waals surface area (Å²) in [5.74, 6) is 0.495. The monoisotopic (exact) mass is 414 g/mol. The molecule has 1 saturated carbocycles. The van der Waals surface area contributed by atoms with E-state index in [0.29, 0.717) is 12.3 Å². The third-order valence-corrected chi connectivity index (χ3v) is 6.84. The summed E-state index contributed by atoms with van der Waals surface area (Å²) in [7, 11) is 0. The fourth-order valence-electron chi connectivity index (χ4n) is 5.16. The molecular weight excluding hydrogens is 380 g/mol. The van der Waals surface area contributed by atoms with Crippen molar-refractivity contribution < 1.29 is 23.5 Å². The molecule has 30 heavy (non-hydrogen) atoms. The number of carbonyl (C=O) groups excluding carboxylic acids is 2. The Hall–Kier alpha value is -2.30. The smallest absolute Gasteiger partial charge is 0.331 e. The van der Waals surface area contributed by atoms with Gasteiger partial charge in [-0.2, -0.15) is 0 Å². The number of ether oxygens (including phenoxy) is 2. The molecule has 0 radical (unpaired) electrons. The molecule has 0 N–H and O–H groups in total. The van der Waals surface area contributed by atoms with Gasteiger partial charge < -0.3 is 13.9 Å². The molecule has 0 spiro atoms. The van der Waals surface area contributed by atoms with Crippen LogP contribution in [-0.2, 0) is 25.5 Å². The van der Waals surface area contributed by atoms with E-state index < -0.39 is 6.10 Å². The Balaban J connectivity index is 2.02. The van der Waals surface area contributed by atoms with Crippen molar-refractivity contribution in [3.63, 3.8) is 0 Å². The molecule has 0 aliphatic heterocycles. The molecule has 5 nitrogen and oxygen atoms in total. The average molecular weight is 415 g/mol. The van der Waals surface area contributed by atoms with Gasteiger partial charge in [0.15, 0.2) is 0 Å². The maximum Gasteiger partial charge on any atom is 0.331 e. The van der Waals surface area contributed by atoms with Gasteiger partial charge in [0.1, 0.15) is 18.0 Å². The van der Waals surface area contributed by atoms with Crippen molar-refractivity contribution in [2.24, 2.45) is 17.3 Å². The van der Waals surface area contributed by atoms with E-state index in [9.17, 15) is 9.59 Å². The molecule has 1 aromatic rings. The summed E-state index contributed by atoms with van der Waals surface area (Å²) < 4.78 is 17.9. The Bertz CT molecular complexity index is 881. The van der Waals surface area contributed by atoms with Gasteiger partial charge in [-0.25, -0.2) is 9.59 Å². The first kappa shape index (κ1) is 22.4. The van der Waals surface area contributed by atoms with Crippen LogP contribution >= 0.6 is 0 Å². The van der Waals surface area contributed by atoms with Crippen molar-refractivity contribution >= 4 is 11.9 Å². The van der Waals surface area contributed by atoms with Gasteiger partial charge in [-0.1, -0.05) is 25.0 Å². The number of hydrogen-bond donors (Lipinski definition) is 0. The molecule has 2 aliphatic rings. The van der Waals surface area contributed by atoms with Crippen LogP contribution in [0.2, 0.25) is 0 Å². The molecule has 3 rings (SSSR count). The van der Waals surface area contributed by atoms with Crippen LogP contribution in [0.5, 0.6) is 0 Å². The molecule has 5 atom stereocenters. The number of esters is 2. The first-order valence-corrected chi connectivity index (χ1v) is 10.8. The molecule has 2 aliphatic carbocycles. The van der Waals surface area contributed by atoms with Gasteiger partial charge >= 0.3 is 11.9 Å². The molecule has 0 amide bonds. The number of rotatable bonds is 4. The number of carbonyl (C=O) groups is 2. The maximum atomic E-state index is 12.6. The molecule has 1 fully saturated rings. The predicted octanol–water partition coefficient (Wildman–Crippen LogP) is 5.63.